The molecule has 1 aromatic rings. The van der Waals surface area contributed by atoms with E-state index in [1.54, 1.807) is 24.0 Å². The lowest BCUT2D eigenvalue weighted by Gasteiger charge is -2.35. The van der Waals surface area contributed by atoms with Crippen LogP contribution in [-0.4, -0.2) is 79.3 Å². The average molecular weight is 359 g/mol. The molecule has 0 aliphatic carbocycles. The van der Waals surface area contributed by atoms with Crippen LogP contribution in [0.5, 0.6) is 5.75 Å². The van der Waals surface area contributed by atoms with Gasteiger partial charge in [-0.2, -0.15) is 0 Å². The summed E-state index contributed by atoms with van der Waals surface area (Å²) in [6, 6.07) is 7.45. The predicted octanol–water partition coefficient (Wildman–Crippen LogP) is 0.553. The monoisotopic (exact) mass is 359 g/mol. The molecule has 2 rings (SSSR count). The number of carbonyl (C=O) groups excluding carboxylic acids is 3. The van der Waals surface area contributed by atoms with E-state index < -0.39 is 0 Å². The van der Waals surface area contributed by atoms with Gasteiger partial charge >= 0.3 is 0 Å². The largest absolute Gasteiger partial charge is 0.497 e. The van der Waals surface area contributed by atoms with Crippen LogP contribution in [0.1, 0.15) is 5.56 Å². The van der Waals surface area contributed by atoms with Crippen LogP contribution in [0.15, 0.2) is 36.9 Å². The van der Waals surface area contributed by atoms with Crippen molar-refractivity contribution in [2.24, 2.45) is 0 Å². The number of hydrogen-bond acceptors (Lipinski definition) is 4. The van der Waals surface area contributed by atoms with Crippen molar-refractivity contribution in [3.05, 3.63) is 42.5 Å². The predicted molar refractivity (Wildman–Crippen MR) is 97.7 cm³/mol. The second kappa shape index (κ2) is 9.03. The van der Waals surface area contributed by atoms with Crippen molar-refractivity contribution in [2.45, 2.75) is 6.42 Å². The molecule has 26 heavy (non-hydrogen) atoms. The smallest absolute Gasteiger partial charge is 0.246 e. The summed E-state index contributed by atoms with van der Waals surface area (Å²) in [6.07, 6.45) is 1.49. The molecule has 1 fully saturated rings. The first-order valence-corrected chi connectivity index (χ1v) is 8.50. The summed E-state index contributed by atoms with van der Waals surface area (Å²) in [5, 5.41) is 0. The molecule has 1 aliphatic heterocycles. The number of rotatable bonds is 6. The maximum absolute atomic E-state index is 12.5. The highest BCUT2D eigenvalue weighted by Gasteiger charge is 2.25. The number of likely N-dealkylation sites (N-methyl/N-ethyl adjacent to an activating group) is 1. The van der Waals surface area contributed by atoms with Crippen LogP contribution in [0.2, 0.25) is 0 Å². The van der Waals surface area contributed by atoms with Crippen LogP contribution in [0.25, 0.3) is 0 Å². The van der Waals surface area contributed by atoms with Gasteiger partial charge in [-0.25, -0.2) is 0 Å². The lowest BCUT2D eigenvalue weighted by atomic mass is 10.1. The summed E-state index contributed by atoms with van der Waals surface area (Å²) in [4.78, 5) is 41.0. The quantitative estimate of drug-likeness (QED) is 0.696. The van der Waals surface area contributed by atoms with E-state index in [1.165, 1.54) is 11.0 Å². The maximum atomic E-state index is 12.5. The summed E-state index contributed by atoms with van der Waals surface area (Å²) >= 11 is 0. The third kappa shape index (κ3) is 5.08. The zero-order valence-corrected chi connectivity index (χ0v) is 15.3. The number of ether oxygens (including phenoxy) is 1. The van der Waals surface area contributed by atoms with Crippen molar-refractivity contribution in [1.82, 2.24) is 14.7 Å². The summed E-state index contributed by atoms with van der Waals surface area (Å²) in [7, 11) is 3.16. The Hall–Kier alpha value is -2.83. The topological polar surface area (TPSA) is 70.2 Å². The van der Waals surface area contributed by atoms with Crippen LogP contribution < -0.4 is 4.74 Å². The van der Waals surface area contributed by atoms with E-state index >= 15 is 0 Å². The van der Waals surface area contributed by atoms with Crippen LogP contribution in [0.4, 0.5) is 0 Å². The molecule has 7 heteroatoms. The van der Waals surface area contributed by atoms with Crippen molar-refractivity contribution in [1.29, 1.82) is 0 Å². The van der Waals surface area contributed by atoms with Gasteiger partial charge in [0.1, 0.15) is 5.75 Å². The van der Waals surface area contributed by atoms with Crippen molar-refractivity contribution in [3.63, 3.8) is 0 Å². The molecule has 1 saturated heterocycles. The van der Waals surface area contributed by atoms with Gasteiger partial charge in [0.15, 0.2) is 0 Å². The third-order valence-corrected chi connectivity index (χ3v) is 4.40. The minimum absolute atomic E-state index is 0.0165. The van der Waals surface area contributed by atoms with Gasteiger partial charge in [0.2, 0.25) is 17.7 Å². The fourth-order valence-corrected chi connectivity index (χ4v) is 2.81. The van der Waals surface area contributed by atoms with E-state index in [1.807, 2.05) is 24.3 Å². The molecule has 7 nitrogen and oxygen atoms in total. The van der Waals surface area contributed by atoms with Gasteiger partial charge < -0.3 is 19.4 Å². The van der Waals surface area contributed by atoms with E-state index in [2.05, 4.69) is 6.58 Å². The van der Waals surface area contributed by atoms with Gasteiger partial charge in [-0.15, -0.1) is 0 Å². The Morgan fingerprint density at radius 3 is 2.35 bits per heavy atom. The molecule has 1 aromatic carbocycles. The van der Waals surface area contributed by atoms with Gasteiger partial charge in [-0.05, 0) is 23.8 Å². The van der Waals surface area contributed by atoms with Crippen LogP contribution in [0.3, 0.4) is 0 Å². The van der Waals surface area contributed by atoms with Crippen LogP contribution in [-0.2, 0) is 20.8 Å². The molecule has 0 bridgehead atoms. The van der Waals surface area contributed by atoms with Crippen molar-refractivity contribution in [2.75, 3.05) is 46.9 Å². The molecule has 0 radical (unpaired) electrons. The first-order chi connectivity index (χ1) is 12.4. The number of methoxy groups -OCH3 is 1. The lowest BCUT2D eigenvalue weighted by Crippen LogP contribution is -2.53. The summed E-state index contributed by atoms with van der Waals surface area (Å²) in [5.41, 5.74) is 0.900. The highest BCUT2D eigenvalue weighted by Crippen LogP contribution is 2.14. The summed E-state index contributed by atoms with van der Waals surface area (Å²) < 4.78 is 5.18. The maximum Gasteiger partial charge on any atom is 0.246 e. The Morgan fingerprint density at radius 2 is 1.77 bits per heavy atom. The fourth-order valence-electron chi connectivity index (χ4n) is 2.81. The van der Waals surface area contributed by atoms with Crippen molar-refractivity contribution < 1.29 is 19.1 Å². The SMILES string of the molecule is C=CC(=O)N(C)CC(=O)N1CCN(C(=O)Cc2cccc(OC)c2)CC1. The normalized spacial score (nSPS) is 13.9. The standard InChI is InChI=1S/C19H25N3O4/c1-4-17(23)20(2)14-19(25)22-10-8-21(9-11-22)18(24)13-15-6-5-7-16(12-15)26-3/h4-7,12H,1,8-11,13-14H2,2-3H3. The number of carbonyl (C=O) groups is 3. The summed E-state index contributed by atoms with van der Waals surface area (Å²) in [6.45, 7) is 5.35. The van der Waals surface area contributed by atoms with Gasteiger partial charge in [0, 0.05) is 33.2 Å². The average Bonchev–Trinajstić information content (AvgIpc) is 2.67. The molecular weight excluding hydrogens is 334 g/mol. The Kier molecular flexibility index (Phi) is 6.77. The highest BCUT2D eigenvalue weighted by molar-refractivity contribution is 5.90. The van der Waals surface area contributed by atoms with Gasteiger partial charge in [-0.3, -0.25) is 14.4 Å². The van der Waals surface area contributed by atoms with Crippen molar-refractivity contribution >= 4 is 17.7 Å². The number of amides is 3. The second-order valence-electron chi connectivity index (χ2n) is 6.19. The number of hydrogen-bond donors (Lipinski definition) is 0. The van der Waals surface area contributed by atoms with Crippen LogP contribution in [0, 0.1) is 0 Å². The zero-order valence-electron chi connectivity index (χ0n) is 15.3. The zero-order chi connectivity index (χ0) is 19.1. The molecule has 0 aromatic heterocycles. The van der Waals surface area contributed by atoms with E-state index in [-0.39, 0.29) is 24.3 Å². The number of benzene rings is 1. The molecular formula is C19H25N3O4. The van der Waals surface area contributed by atoms with Gasteiger partial charge in [-0.1, -0.05) is 18.7 Å². The highest BCUT2D eigenvalue weighted by atomic mass is 16.5. The van der Waals surface area contributed by atoms with Crippen molar-refractivity contribution in [3.8, 4) is 5.75 Å². The van der Waals surface area contributed by atoms with E-state index in [0.717, 1.165) is 11.3 Å². The molecule has 0 saturated carbocycles. The number of piperazine rings is 1. The fraction of sp³-hybridized carbons (Fsp3) is 0.421. The Labute approximate surface area is 153 Å². The Bertz CT molecular complexity index is 681. The molecule has 3 amide bonds. The third-order valence-electron chi connectivity index (χ3n) is 4.40. The molecule has 1 aliphatic rings. The Morgan fingerprint density at radius 1 is 1.15 bits per heavy atom. The van der Waals surface area contributed by atoms with Gasteiger partial charge in [0.05, 0.1) is 20.1 Å². The van der Waals surface area contributed by atoms with E-state index in [4.69, 9.17) is 4.74 Å². The lowest BCUT2D eigenvalue weighted by molar-refractivity contribution is -0.141. The molecule has 0 atom stereocenters. The van der Waals surface area contributed by atoms with E-state index in [9.17, 15) is 14.4 Å². The Balaban J connectivity index is 1.83. The minimum atomic E-state index is -0.287. The number of nitrogens with zero attached hydrogens (tertiary/aromatic N) is 3. The molecule has 0 unspecified atom stereocenters. The van der Waals surface area contributed by atoms with Gasteiger partial charge in [0.25, 0.3) is 0 Å². The summed E-state index contributed by atoms with van der Waals surface area (Å²) in [5.74, 6) is 0.348. The molecule has 140 valence electrons. The molecule has 1 heterocycles. The van der Waals surface area contributed by atoms with Crippen LogP contribution >= 0.6 is 0 Å². The minimum Gasteiger partial charge on any atom is -0.497 e. The first kappa shape index (κ1) is 19.5. The first-order valence-electron chi connectivity index (χ1n) is 8.50. The molecule has 0 spiro atoms. The molecule has 0 N–H and O–H groups in total. The second-order valence-corrected chi connectivity index (χ2v) is 6.19. The van der Waals surface area contributed by atoms with E-state index in [0.29, 0.717) is 32.6 Å².